The molecule has 114 valence electrons. The number of rotatable bonds is 8. The summed E-state index contributed by atoms with van der Waals surface area (Å²) in [5.41, 5.74) is 2.59. The highest BCUT2D eigenvalue weighted by atomic mass is 15.2. The molecule has 3 nitrogen and oxygen atoms in total. The Hall–Kier alpha value is -1.06. The standard InChI is InChI=1S/C17H31N3/c1-14(2)20(15(3)4)12-11-18-13-16-7-9-17(10-8-16)19(5)6/h7-10,14-15,18H,11-13H2,1-6H3. The van der Waals surface area contributed by atoms with E-state index in [9.17, 15) is 0 Å². The van der Waals surface area contributed by atoms with Crippen LogP contribution in [0.2, 0.25) is 0 Å². The summed E-state index contributed by atoms with van der Waals surface area (Å²) < 4.78 is 0. The summed E-state index contributed by atoms with van der Waals surface area (Å²) in [6.45, 7) is 12.1. The third kappa shape index (κ3) is 5.51. The van der Waals surface area contributed by atoms with Crippen LogP contribution in [-0.4, -0.2) is 44.2 Å². The van der Waals surface area contributed by atoms with E-state index in [0.717, 1.165) is 19.6 Å². The first kappa shape index (κ1) is 17.0. The second kappa shape index (κ2) is 8.28. The second-order valence-corrected chi connectivity index (χ2v) is 6.16. The smallest absolute Gasteiger partial charge is 0.0361 e. The van der Waals surface area contributed by atoms with E-state index >= 15 is 0 Å². The maximum atomic E-state index is 3.54. The zero-order chi connectivity index (χ0) is 15.1. The minimum atomic E-state index is 0.608. The van der Waals surface area contributed by atoms with Gasteiger partial charge in [-0.15, -0.1) is 0 Å². The van der Waals surface area contributed by atoms with Crippen molar-refractivity contribution in [2.45, 2.75) is 46.3 Å². The highest BCUT2D eigenvalue weighted by Gasteiger charge is 2.11. The van der Waals surface area contributed by atoms with Gasteiger partial charge < -0.3 is 10.2 Å². The van der Waals surface area contributed by atoms with E-state index in [2.05, 4.69) is 81.2 Å². The van der Waals surface area contributed by atoms with Gasteiger partial charge >= 0.3 is 0 Å². The van der Waals surface area contributed by atoms with E-state index in [1.807, 2.05) is 0 Å². The molecule has 0 spiro atoms. The summed E-state index contributed by atoms with van der Waals surface area (Å²) in [7, 11) is 4.14. The van der Waals surface area contributed by atoms with Crippen LogP contribution < -0.4 is 10.2 Å². The first-order valence-corrected chi connectivity index (χ1v) is 7.64. The molecule has 0 heterocycles. The van der Waals surface area contributed by atoms with Gasteiger partial charge in [0.15, 0.2) is 0 Å². The van der Waals surface area contributed by atoms with E-state index in [1.54, 1.807) is 0 Å². The summed E-state index contributed by atoms with van der Waals surface area (Å²) >= 11 is 0. The fourth-order valence-electron chi connectivity index (χ4n) is 2.47. The molecule has 0 saturated heterocycles. The fourth-order valence-corrected chi connectivity index (χ4v) is 2.47. The highest BCUT2D eigenvalue weighted by Crippen LogP contribution is 2.12. The van der Waals surface area contributed by atoms with Gasteiger partial charge in [0.2, 0.25) is 0 Å². The highest BCUT2D eigenvalue weighted by molar-refractivity contribution is 5.45. The minimum Gasteiger partial charge on any atom is -0.378 e. The van der Waals surface area contributed by atoms with Gasteiger partial charge in [0.25, 0.3) is 0 Å². The zero-order valence-corrected chi connectivity index (χ0v) is 14.0. The molecule has 0 saturated carbocycles. The Bertz CT molecular complexity index is 360. The van der Waals surface area contributed by atoms with Gasteiger partial charge in [-0.1, -0.05) is 12.1 Å². The van der Waals surface area contributed by atoms with Crippen molar-refractivity contribution >= 4 is 5.69 Å². The van der Waals surface area contributed by atoms with Crippen molar-refractivity contribution in [3.8, 4) is 0 Å². The van der Waals surface area contributed by atoms with E-state index in [4.69, 9.17) is 0 Å². The van der Waals surface area contributed by atoms with Crippen molar-refractivity contribution in [3.63, 3.8) is 0 Å². The van der Waals surface area contributed by atoms with Gasteiger partial charge in [-0.3, -0.25) is 4.90 Å². The Morgan fingerprint density at radius 2 is 1.50 bits per heavy atom. The van der Waals surface area contributed by atoms with Gasteiger partial charge in [-0.2, -0.15) is 0 Å². The van der Waals surface area contributed by atoms with Crippen LogP contribution in [0.1, 0.15) is 33.3 Å². The lowest BCUT2D eigenvalue weighted by Crippen LogP contribution is -2.41. The Kier molecular flexibility index (Phi) is 7.03. The number of nitrogens with zero attached hydrogens (tertiary/aromatic N) is 2. The molecule has 0 unspecified atom stereocenters. The molecular formula is C17H31N3. The molecule has 0 aliphatic rings. The molecule has 1 N–H and O–H groups in total. The van der Waals surface area contributed by atoms with Crippen LogP contribution in [0.3, 0.4) is 0 Å². The van der Waals surface area contributed by atoms with Gasteiger partial charge in [-0.05, 0) is 45.4 Å². The fraction of sp³-hybridized carbons (Fsp3) is 0.647. The molecule has 0 aliphatic carbocycles. The van der Waals surface area contributed by atoms with Crippen LogP contribution in [0.4, 0.5) is 5.69 Å². The first-order valence-electron chi connectivity index (χ1n) is 7.64. The van der Waals surface area contributed by atoms with Crippen LogP contribution >= 0.6 is 0 Å². The summed E-state index contributed by atoms with van der Waals surface area (Å²) in [6, 6.07) is 9.96. The van der Waals surface area contributed by atoms with Gasteiger partial charge in [-0.25, -0.2) is 0 Å². The molecule has 1 aromatic rings. The Morgan fingerprint density at radius 1 is 0.950 bits per heavy atom. The number of nitrogens with one attached hydrogen (secondary N) is 1. The summed E-state index contributed by atoms with van der Waals surface area (Å²) in [4.78, 5) is 4.64. The van der Waals surface area contributed by atoms with Crippen molar-refractivity contribution in [2.75, 3.05) is 32.1 Å². The lowest BCUT2D eigenvalue weighted by Gasteiger charge is -2.30. The van der Waals surface area contributed by atoms with Gasteiger partial charge in [0.1, 0.15) is 0 Å². The lowest BCUT2D eigenvalue weighted by molar-refractivity contribution is 0.176. The monoisotopic (exact) mass is 277 g/mol. The number of hydrogen-bond acceptors (Lipinski definition) is 3. The van der Waals surface area contributed by atoms with Crippen LogP contribution in [0, 0.1) is 0 Å². The van der Waals surface area contributed by atoms with Crippen molar-refractivity contribution in [1.82, 2.24) is 10.2 Å². The van der Waals surface area contributed by atoms with E-state index in [-0.39, 0.29) is 0 Å². The number of hydrogen-bond donors (Lipinski definition) is 1. The predicted molar refractivity (Wildman–Crippen MR) is 89.5 cm³/mol. The van der Waals surface area contributed by atoms with Crippen molar-refractivity contribution in [2.24, 2.45) is 0 Å². The van der Waals surface area contributed by atoms with Crippen molar-refractivity contribution in [3.05, 3.63) is 29.8 Å². The predicted octanol–water partition coefficient (Wildman–Crippen LogP) is 2.96. The molecule has 0 atom stereocenters. The van der Waals surface area contributed by atoms with Crippen molar-refractivity contribution < 1.29 is 0 Å². The third-order valence-corrected chi connectivity index (χ3v) is 3.66. The van der Waals surface area contributed by atoms with E-state index in [0.29, 0.717) is 12.1 Å². The first-order chi connectivity index (χ1) is 9.41. The third-order valence-electron chi connectivity index (χ3n) is 3.66. The molecule has 1 aromatic carbocycles. The summed E-state index contributed by atoms with van der Waals surface area (Å²) in [5.74, 6) is 0. The van der Waals surface area contributed by atoms with Crippen molar-refractivity contribution in [1.29, 1.82) is 0 Å². The van der Waals surface area contributed by atoms with Crippen LogP contribution in [0.15, 0.2) is 24.3 Å². The molecule has 0 bridgehead atoms. The van der Waals surface area contributed by atoms with Crippen LogP contribution in [0.25, 0.3) is 0 Å². The summed E-state index contributed by atoms with van der Waals surface area (Å²) in [5, 5.41) is 3.54. The number of benzene rings is 1. The molecule has 0 amide bonds. The largest absolute Gasteiger partial charge is 0.378 e. The maximum Gasteiger partial charge on any atom is 0.0361 e. The molecule has 0 fully saturated rings. The van der Waals surface area contributed by atoms with Gasteiger partial charge in [0.05, 0.1) is 0 Å². The lowest BCUT2D eigenvalue weighted by atomic mass is 10.2. The number of anilines is 1. The topological polar surface area (TPSA) is 18.5 Å². The quantitative estimate of drug-likeness (QED) is 0.737. The molecule has 0 radical (unpaired) electrons. The maximum absolute atomic E-state index is 3.54. The molecular weight excluding hydrogens is 246 g/mol. The SMILES string of the molecule is CC(C)N(CCNCc1ccc(N(C)C)cc1)C(C)C. The zero-order valence-electron chi connectivity index (χ0n) is 14.0. The minimum absolute atomic E-state index is 0.608. The second-order valence-electron chi connectivity index (χ2n) is 6.16. The van der Waals surface area contributed by atoms with Crippen LogP contribution in [-0.2, 0) is 6.54 Å². The molecule has 1 rings (SSSR count). The van der Waals surface area contributed by atoms with E-state index < -0.39 is 0 Å². The van der Waals surface area contributed by atoms with Gasteiger partial charge in [0, 0.05) is 51.5 Å². The molecule has 3 heteroatoms. The average molecular weight is 277 g/mol. The van der Waals surface area contributed by atoms with E-state index in [1.165, 1.54) is 11.3 Å². The Labute approximate surface area is 125 Å². The Morgan fingerprint density at radius 3 is 1.95 bits per heavy atom. The summed E-state index contributed by atoms with van der Waals surface area (Å²) in [6.07, 6.45) is 0. The molecule has 20 heavy (non-hydrogen) atoms. The average Bonchev–Trinajstić information content (AvgIpc) is 2.38. The Balaban J connectivity index is 2.33. The van der Waals surface area contributed by atoms with Crippen LogP contribution in [0.5, 0.6) is 0 Å². The molecule has 0 aliphatic heterocycles. The normalized spacial score (nSPS) is 11.7. The molecule has 0 aromatic heterocycles.